The lowest BCUT2D eigenvalue weighted by molar-refractivity contribution is 0.0644. The number of hydrogen-bond acceptors (Lipinski definition) is 3. The van der Waals surface area contributed by atoms with Crippen LogP contribution >= 0.6 is 11.6 Å². The smallest absolute Gasteiger partial charge is 0.214 e. The predicted octanol–water partition coefficient (Wildman–Crippen LogP) is 4.21. The lowest BCUT2D eigenvalue weighted by atomic mass is 9.87. The highest BCUT2D eigenvalue weighted by Gasteiger charge is 2.31. The number of benzene rings is 2. The summed E-state index contributed by atoms with van der Waals surface area (Å²) in [5.74, 6) is 0.0950. The molecular weight excluding hydrogens is 370 g/mol. The van der Waals surface area contributed by atoms with E-state index in [1.807, 2.05) is 36.4 Å². The second kappa shape index (κ2) is 8.09. The Morgan fingerprint density at radius 3 is 2.46 bits per heavy atom. The Bertz CT molecular complexity index is 850. The van der Waals surface area contributed by atoms with E-state index < -0.39 is 15.3 Å². The lowest BCUT2D eigenvalue weighted by Crippen LogP contribution is -2.47. The molecule has 0 amide bonds. The Kier molecular flexibility index (Phi) is 6.03. The van der Waals surface area contributed by atoms with Gasteiger partial charge >= 0.3 is 0 Å². The Balaban J connectivity index is 1.83. The van der Waals surface area contributed by atoms with Crippen LogP contribution in [0.15, 0.2) is 48.5 Å². The molecule has 3 rings (SSSR count). The van der Waals surface area contributed by atoms with E-state index in [-0.39, 0.29) is 12.0 Å². The number of hydrogen-bond donors (Lipinski definition) is 1. The van der Waals surface area contributed by atoms with Crippen LogP contribution < -0.4 is 4.72 Å². The second-order valence-corrected chi connectivity index (χ2v) is 9.57. The van der Waals surface area contributed by atoms with Crippen molar-refractivity contribution in [3.05, 3.63) is 59.1 Å². The highest BCUT2D eigenvalue weighted by Crippen LogP contribution is 2.32. The number of ether oxygens (including phenoxy) is 1. The summed E-state index contributed by atoms with van der Waals surface area (Å²) in [4.78, 5) is 0. The van der Waals surface area contributed by atoms with E-state index >= 15 is 0 Å². The van der Waals surface area contributed by atoms with Gasteiger partial charge in [0.25, 0.3) is 0 Å². The molecule has 1 saturated heterocycles. The van der Waals surface area contributed by atoms with Gasteiger partial charge < -0.3 is 4.74 Å². The molecule has 26 heavy (non-hydrogen) atoms. The molecule has 1 heterocycles. The van der Waals surface area contributed by atoms with Gasteiger partial charge in [-0.15, -0.1) is 0 Å². The first-order chi connectivity index (χ1) is 12.4. The normalized spacial score (nSPS) is 21.1. The standard InChI is InChI=1S/C20H24ClNO3S/c1-14(2)26(23,24)22-20-13-25-12-11-18(20)16-9-7-15(8-10-16)17-5-3-4-6-19(17)21/h3-10,14,18,20,22H,11-13H2,1-2H3/t18-,20+/m0/s1. The molecule has 1 aliphatic heterocycles. The Morgan fingerprint density at radius 1 is 1.12 bits per heavy atom. The molecule has 4 nitrogen and oxygen atoms in total. The molecule has 6 heteroatoms. The minimum absolute atomic E-state index is 0.0950. The van der Waals surface area contributed by atoms with E-state index in [4.69, 9.17) is 16.3 Å². The molecule has 0 radical (unpaired) electrons. The number of nitrogens with one attached hydrogen (secondary N) is 1. The first-order valence-corrected chi connectivity index (χ1v) is 10.7. The van der Waals surface area contributed by atoms with Crippen molar-refractivity contribution in [1.29, 1.82) is 0 Å². The van der Waals surface area contributed by atoms with Crippen LogP contribution in [0.2, 0.25) is 5.02 Å². The molecule has 0 aromatic heterocycles. The van der Waals surface area contributed by atoms with Gasteiger partial charge in [-0.2, -0.15) is 0 Å². The molecule has 0 bridgehead atoms. The van der Waals surface area contributed by atoms with Crippen molar-refractivity contribution in [2.75, 3.05) is 13.2 Å². The fourth-order valence-corrected chi connectivity index (χ4v) is 4.38. The lowest BCUT2D eigenvalue weighted by Gasteiger charge is -2.33. The van der Waals surface area contributed by atoms with Gasteiger partial charge in [-0.1, -0.05) is 54.1 Å². The molecule has 2 aromatic rings. The van der Waals surface area contributed by atoms with Crippen LogP contribution in [0.25, 0.3) is 11.1 Å². The van der Waals surface area contributed by atoms with Crippen LogP contribution in [0.1, 0.15) is 31.7 Å². The van der Waals surface area contributed by atoms with Gasteiger partial charge in [0, 0.05) is 23.1 Å². The van der Waals surface area contributed by atoms with E-state index in [2.05, 4.69) is 16.9 Å². The number of sulfonamides is 1. The van der Waals surface area contributed by atoms with Crippen LogP contribution in [-0.4, -0.2) is 32.9 Å². The van der Waals surface area contributed by atoms with Gasteiger partial charge in [0.2, 0.25) is 10.0 Å². The molecule has 140 valence electrons. The maximum atomic E-state index is 12.3. The number of halogens is 1. The van der Waals surface area contributed by atoms with E-state index in [1.54, 1.807) is 13.8 Å². The summed E-state index contributed by atoms with van der Waals surface area (Å²) in [5, 5.41) is 0.251. The Morgan fingerprint density at radius 2 is 1.81 bits per heavy atom. The summed E-state index contributed by atoms with van der Waals surface area (Å²) in [7, 11) is -3.34. The fourth-order valence-electron chi connectivity index (χ4n) is 3.21. The van der Waals surface area contributed by atoms with Crippen molar-refractivity contribution >= 4 is 21.6 Å². The zero-order valence-corrected chi connectivity index (χ0v) is 16.6. The SMILES string of the molecule is CC(C)S(=O)(=O)N[C@@H]1COCC[C@H]1c1ccc(-c2ccccc2Cl)cc1. The van der Waals surface area contributed by atoms with Crippen LogP contribution in [0.3, 0.4) is 0 Å². The molecule has 0 unspecified atom stereocenters. The van der Waals surface area contributed by atoms with Gasteiger partial charge in [0.1, 0.15) is 0 Å². The van der Waals surface area contributed by atoms with Crippen molar-refractivity contribution in [2.45, 2.75) is 37.5 Å². The van der Waals surface area contributed by atoms with Crippen molar-refractivity contribution < 1.29 is 13.2 Å². The van der Waals surface area contributed by atoms with E-state index in [0.717, 1.165) is 23.1 Å². The zero-order valence-electron chi connectivity index (χ0n) is 15.0. The van der Waals surface area contributed by atoms with Crippen molar-refractivity contribution in [3.8, 4) is 11.1 Å². The molecule has 0 aliphatic carbocycles. The van der Waals surface area contributed by atoms with Crippen LogP contribution in [0.5, 0.6) is 0 Å². The fraction of sp³-hybridized carbons (Fsp3) is 0.400. The average Bonchev–Trinajstić information content (AvgIpc) is 2.62. The third-order valence-corrected chi connectivity index (χ3v) is 7.02. The summed E-state index contributed by atoms with van der Waals surface area (Å²) in [5.41, 5.74) is 3.15. The minimum Gasteiger partial charge on any atom is -0.380 e. The highest BCUT2D eigenvalue weighted by atomic mass is 35.5. The third-order valence-electron chi connectivity index (χ3n) is 4.82. The molecule has 1 fully saturated rings. The molecule has 2 aromatic carbocycles. The minimum atomic E-state index is -3.34. The van der Waals surface area contributed by atoms with Crippen molar-refractivity contribution in [3.63, 3.8) is 0 Å². The molecular formula is C20H24ClNO3S. The quantitative estimate of drug-likeness (QED) is 0.827. The molecule has 2 atom stereocenters. The van der Waals surface area contributed by atoms with Gasteiger partial charge in [-0.05, 0) is 37.5 Å². The molecule has 1 N–H and O–H groups in total. The first-order valence-electron chi connectivity index (χ1n) is 8.82. The van der Waals surface area contributed by atoms with Crippen molar-refractivity contribution in [2.24, 2.45) is 0 Å². The van der Waals surface area contributed by atoms with Crippen molar-refractivity contribution in [1.82, 2.24) is 4.72 Å². The Hall–Kier alpha value is -1.40. The maximum Gasteiger partial charge on any atom is 0.214 e. The molecule has 0 saturated carbocycles. The monoisotopic (exact) mass is 393 g/mol. The second-order valence-electron chi connectivity index (χ2n) is 6.89. The van der Waals surface area contributed by atoms with E-state index in [9.17, 15) is 8.42 Å². The van der Waals surface area contributed by atoms with Crippen LogP contribution in [0.4, 0.5) is 0 Å². The highest BCUT2D eigenvalue weighted by molar-refractivity contribution is 7.90. The van der Waals surface area contributed by atoms with Gasteiger partial charge in [0.05, 0.1) is 17.9 Å². The maximum absolute atomic E-state index is 12.3. The topological polar surface area (TPSA) is 55.4 Å². The van der Waals surface area contributed by atoms with Gasteiger partial charge in [0.15, 0.2) is 0 Å². The van der Waals surface area contributed by atoms with Gasteiger partial charge in [-0.25, -0.2) is 13.1 Å². The summed E-state index contributed by atoms with van der Waals surface area (Å²) in [6, 6.07) is 15.7. The zero-order chi connectivity index (χ0) is 18.7. The Labute approximate surface area is 160 Å². The largest absolute Gasteiger partial charge is 0.380 e. The summed E-state index contributed by atoms with van der Waals surface area (Å²) in [6.07, 6.45) is 0.788. The summed E-state index contributed by atoms with van der Waals surface area (Å²) < 4.78 is 32.9. The van der Waals surface area contributed by atoms with Crippen LogP contribution in [0, 0.1) is 0 Å². The summed E-state index contributed by atoms with van der Waals surface area (Å²) in [6.45, 7) is 4.39. The summed E-state index contributed by atoms with van der Waals surface area (Å²) >= 11 is 6.28. The third kappa shape index (κ3) is 4.29. The van der Waals surface area contributed by atoms with Crippen LogP contribution in [-0.2, 0) is 14.8 Å². The number of rotatable bonds is 5. The molecule has 0 spiro atoms. The average molecular weight is 394 g/mol. The van der Waals surface area contributed by atoms with Gasteiger partial charge in [-0.3, -0.25) is 0 Å². The van der Waals surface area contributed by atoms with E-state index in [0.29, 0.717) is 18.2 Å². The first kappa shape index (κ1) is 19.4. The predicted molar refractivity (Wildman–Crippen MR) is 106 cm³/mol. The molecule has 1 aliphatic rings. The van der Waals surface area contributed by atoms with E-state index in [1.165, 1.54) is 0 Å².